The summed E-state index contributed by atoms with van der Waals surface area (Å²) in [6.07, 6.45) is 1.34. The molecule has 8 heteroatoms. The van der Waals surface area contributed by atoms with Crippen LogP contribution >= 0.6 is 0 Å². The second kappa shape index (κ2) is 8.26. The van der Waals surface area contributed by atoms with Crippen LogP contribution < -0.4 is 5.32 Å². The summed E-state index contributed by atoms with van der Waals surface area (Å²) in [5, 5.41) is 12.7. The summed E-state index contributed by atoms with van der Waals surface area (Å²) >= 11 is 0. The lowest BCUT2D eigenvalue weighted by Gasteiger charge is -2.07. The Labute approximate surface area is 159 Å². The van der Waals surface area contributed by atoms with E-state index in [1.54, 1.807) is 18.2 Å². The normalized spacial score (nSPS) is 10.5. The lowest BCUT2D eigenvalue weighted by Crippen LogP contribution is -2.21. The molecule has 1 aromatic heterocycles. The molecule has 0 bridgehead atoms. The molecular formula is C20H17NO7. The lowest BCUT2D eigenvalue weighted by atomic mass is 10.1. The van der Waals surface area contributed by atoms with Gasteiger partial charge in [0.25, 0.3) is 5.91 Å². The monoisotopic (exact) mass is 383 g/mol. The number of aromatic hydroxyl groups is 1. The van der Waals surface area contributed by atoms with E-state index < -0.39 is 24.5 Å². The molecule has 28 heavy (non-hydrogen) atoms. The molecule has 0 saturated heterocycles. The van der Waals surface area contributed by atoms with Crippen LogP contribution in [0, 0.1) is 0 Å². The van der Waals surface area contributed by atoms with E-state index >= 15 is 0 Å². The number of ether oxygens (including phenoxy) is 2. The van der Waals surface area contributed by atoms with Crippen LogP contribution in [-0.2, 0) is 25.5 Å². The molecule has 1 heterocycles. The first-order valence-electron chi connectivity index (χ1n) is 8.29. The van der Waals surface area contributed by atoms with Crippen molar-refractivity contribution >= 4 is 34.5 Å². The minimum atomic E-state index is -0.591. The fourth-order valence-corrected chi connectivity index (χ4v) is 2.57. The molecule has 2 aromatic carbocycles. The lowest BCUT2D eigenvalue weighted by molar-refractivity contribution is -0.146. The van der Waals surface area contributed by atoms with E-state index in [-0.39, 0.29) is 12.2 Å². The highest BCUT2D eigenvalue weighted by molar-refractivity contribution is 5.94. The number of nitrogens with one attached hydrogen (secondary N) is 1. The quantitative estimate of drug-likeness (QED) is 0.629. The van der Waals surface area contributed by atoms with Gasteiger partial charge in [0.2, 0.25) is 0 Å². The first kappa shape index (κ1) is 19.0. The van der Waals surface area contributed by atoms with Gasteiger partial charge in [-0.15, -0.1) is 0 Å². The molecule has 0 saturated carbocycles. The number of amides is 1. The second-order valence-electron chi connectivity index (χ2n) is 5.90. The molecule has 2 N–H and O–H groups in total. The summed E-state index contributed by atoms with van der Waals surface area (Å²) in [5.41, 5.74) is 1.86. The third kappa shape index (κ3) is 4.47. The highest BCUT2D eigenvalue weighted by Crippen LogP contribution is 2.25. The minimum absolute atomic E-state index is 0.0623. The first-order valence-corrected chi connectivity index (χ1v) is 8.29. The van der Waals surface area contributed by atoms with Crippen molar-refractivity contribution in [3.8, 4) is 5.75 Å². The van der Waals surface area contributed by atoms with E-state index in [1.807, 2.05) is 0 Å². The average Bonchev–Trinajstić information content (AvgIpc) is 3.08. The summed E-state index contributed by atoms with van der Waals surface area (Å²) in [6.45, 7) is -0.450. The second-order valence-corrected chi connectivity index (χ2v) is 5.90. The van der Waals surface area contributed by atoms with Gasteiger partial charge in [-0.1, -0.05) is 0 Å². The Hall–Kier alpha value is -3.81. The Morgan fingerprint density at radius 1 is 1.11 bits per heavy atom. The zero-order valence-electron chi connectivity index (χ0n) is 14.9. The first-order chi connectivity index (χ1) is 13.5. The van der Waals surface area contributed by atoms with Gasteiger partial charge < -0.3 is 24.3 Å². The third-order valence-corrected chi connectivity index (χ3v) is 3.93. The van der Waals surface area contributed by atoms with Crippen LogP contribution in [0.2, 0.25) is 0 Å². The molecular weight excluding hydrogens is 366 g/mol. The minimum Gasteiger partial charge on any atom is -0.508 e. The fraction of sp³-hybridized carbons (Fsp3) is 0.150. The topological polar surface area (TPSA) is 115 Å². The number of hydrogen-bond donors (Lipinski definition) is 2. The van der Waals surface area contributed by atoms with Gasteiger partial charge in [-0.2, -0.15) is 0 Å². The smallest absolute Gasteiger partial charge is 0.337 e. The standard InChI is InChI=1S/C20H17NO7/c1-26-20(25)12-2-4-14(5-3-12)21-18(23)11-28-19(24)8-13-10-27-17-9-15(22)6-7-16(13)17/h2-7,9-10,22H,8,11H2,1H3,(H,21,23). The molecule has 3 aromatic rings. The van der Waals surface area contributed by atoms with E-state index in [0.29, 0.717) is 27.8 Å². The Morgan fingerprint density at radius 2 is 1.86 bits per heavy atom. The highest BCUT2D eigenvalue weighted by Gasteiger charge is 2.14. The maximum Gasteiger partial charge on any atom is 0.337 e. The SMILES string of the molecule is COC(=O)c1ccc(NC(=O)COC(=O)Cc2coc3cc(O)ccc23)cc1. The number of fused-ring (bicyclic) bond motifs is 1. The Kier molecular flexibility index (Phi) is 5.59. The molecule has 0 aliphatic carbocycles. The molecule has 0 radical (unpaired) electrons. The number of phenols is 1. The fourth-order valence-electron chi connectivity index (χ4n) is 2.57. The number of methoxy groups -OCH3 is 1. The summed E-state index contributed by atoms with van der Waals surface area (Å²) in [7, 11) is 1.28. The molecule has 0 aliphatic heterocycles. The molecule has 0 atom stereocenters. The van der Waals surface area contributed by atoms with Crippen LogP contribution in [-0.4, -0.2) is 36.7 Å². The zero-order valence-corrected chi connectivity index (χ0v) is 14.9. The molecule has 0 spiro atoms. The number of phenolic OH excluding ortho intramolecular Hbond substituents is 1. The number of anilines is 1. The molecule has 0 unspecified atom stereocenters. The molecule has 144 valence electrons. The zero-order chi connectivity index (χ0) is 20.1. The van der Waals surface area contributed by atoms with Gasteiger partial charge in [0.1, 0.15) is 11.3 Å². The van der Waals surface area contributed by atoms with Crippen molar-refractivity contribution < 1.29 is 33.4 Å². The van der Waals surface area contributed by atoms with Crippen molar-refractivity contribution in [2.45, 2.75) is 6.42 Å². The summed E-state index contributed by atoms with van der Waals surface area (Å²) in [4.78, 5) is 35.3. The van der Waals surface area contributed by atoms with Crippen LogP contribution in [0.3, 0.4) is 0 Å². The number of carbonyl (C=O) groups is 3. The number of esters is 2. The third-order valence-electron chi connectivity index (χ3n) is 3.93. The van der Waals surface area contributed by atoms with Gasteiger partial charge in [-0.3, -0.25) is 9.59 Å². The summed E-state index contributed by atoms with van der Waals surface area (Å²) < 4.78 is 14.9. The van der Waals surface area contributed by atoms with Crippen LogP contribution in [0.5, 0.6) is 5.75 Å². The van der Waals surface area contributed by atoms with Crippen molar-refractivity contribution in [3.05, 3.63) is 59.9 Å². The largest absolute Gasteiger partial charge is 0.508 e. The predicted octanol–water partition coefficient (Wildman–Crippen LogP) is 2.65. The van der Waals surface area contributed by atoms with E-state index in [4.69, 9.17) is 9.15 Å². The van der Waals surface area contributed by atoms with Crippen molar-refractivity contribution in [2.75, 3.05) is 19.0 Å². The Bertz CT molecular complexity index is 1020. The van der Waals surface area contributed by atoms with Crippen molar-refractivity contribution in [1.82, 2.24) is 0 Å². The van der Waals surface area contributed by atoms with Crippen LogP contribution in [0.25, 0.3) is 11.0 Å². The number of benzene rings is 2. The molecule has 1 amide bonds. The Morgan fingerprint density at radius 3 is 2.57 bits per heavy atom. The van der Waals surface area contributed by atoms with Gasteiger partial charge in [0, 0.05) is 22.7 Å². The van der Waals surface area contributed by atoms with Crippen molar-refractivity contribution in [3.63, 3.8) is 0 Å². The van der Waals surface area contributed by atoms with E-state index in [2.05, 4.69) is 10.1 Å². The molecule has 3 rings (SSSR count). The van der Waals surface area contributed by atoms with Gasteiger partial charge in [0.05, 0.1) is 25.4 Å². The maximum atomic E-state index is 12.0. The number of rotatable bonds is 6. The summed E-state index contributed by atoms with van der Waals surface area (Å²) in [6, 6.07) is 10.7. The molecule has 0 aliphatic rings. The van der Waals surface area contributed by atoms with E-state index in [0.717, 1.165) is 0 Å². The number of hydrogen-bond acceptors (Lipinski definition) is 7. The van der Waals surface area contributed by atoms with Gasteiger partial charge in [-0.25, -0.2) is 4.79 Å². The van der Waals surface area contributed by atoms with Crippen molar-refractivity contribution in [1.29, 1.82) is 0 Å². The van der Waals surface area contributed by atoms with Crippen LogP contribution in [0.1, 0.15) is 15.9 Å². The van der Waals surface area contributed by atoms with E-state index in [1.165, 1.54) is 37.6 Å². The Balaban J connectivity index is 1.51. The summed E-state index contributed by atoms with van der Waals surface area (Å²) in [5.74, 6) is -1.52. The number of furan rings is 1. The maximum absolute atomic E-state index is 12.0. The van der Waals surface area contributed by atoms with Gasteiger partial charge >= 0.3 is 11.9 Å². The highest BCUT2D eigenvalue weighted by atomic mass is 16.5. The van der Waals surface area contributed by atoms with Crippen LogP contribution in [0.4, 0.5) is 5.69 Å². The number of carbonyl (C=O) groups excluding carboxylic acids is 3. The van der Waals surface area contributed by atoms with Crippen LogP contribution in [0.15, 0.2) is 53.1 Å². The van der Waals surface area contributed by atoms with Crippen molar-refractivity contribution in [2.24, 2.45) is 0 Å². The molecule has 0 fully saturated rings. The van der Waals surface area contributed by atoms with E-state index in [9.17, 15) is 19.5 Å². The predicted molar refractivity (Wildman–Crippen MR) is 99.0 cm³/mol. The average molecular weight is 383 g/mol. The van der Waals surface area contributed by atoms with Gasteiger partial charge in [-0.05, 0) is 36.4 Å². The van der Waals surface area contributed by atoms with Gasteiger partial charge in [0.15, 0.2) is 6.61 Å². The molecule has 8 nitrogen and oxygen atoms in total.